The number of hydrogen-bond donors (Lipinski definition) is 1. The number of imide groups is 1. The van der Waals surface area contributed by atoms with Crippen molar-refractivity contribution in [2.24, 2.45) is 5.92 Å². The lowest BCUT2D eigenvalue weighted by atomic mass is 10.1. The van der Waals surface area contributed by atoms with E-state index < -0.39 is 24.1 Å². The molecule has 5 nitrogen and oxygen atoms in total. The minimum atomic E-state index is -4.79. The van der Waals surface area contributed by atoms with Crippen LogP contribution in [0.5, 0.6) is 5.75 Å². The van der Waals surface area contributed by atoms with Gasteiger partial charge in [-0.3, -0.25) is 4.79 Å². The van der Waals surface area contributed by atoms with Crippen LogP contribution in [0.15, 0.2) is 24.3 Å². The Hall–Kier alpha value is -2.25. The summed E-state index contributed by atoms with van der Waals surface area (Å²) in [7, 11) is 0. The Morgan fingerprint density at radius 1 is 1.24 bits per heavy atom. The summed E-state index contributed by atoms with van der Waals surface area (Å²) < 4.78 is 40.0. The van der Waals surface area contributed by atoms with Crippen molar-refractivity contribution in [2.45, 2.75) is 19.7 Å². The summed E-state index contributed by atoms with van der Waals surface area (Å²) in [5.74, 6) is -1.16. The second-order valence-corrected chi connectivity index (χ2v) is 4.64. The lowest BCUT2D eigenvalue weighted by Gasteiger charge is -2.20. The number of nitrogens with one attached hydrogen (secondary N) is 1. The first kappa shape index (κ1) is 15.1. The van der Waals surface area contributed by atoms with Gasteiger partial charge in [0.25, 0.3) is 0 Å². The zero-order valence-electron chi connectivity index (χ0n) is 11.1. The average Bonchev–Trinajstić information content (AvgIpc) is 2.50. The molecular weight excluding hydrogens is 289 g/mol. The molecule has 1 unspecified atom stereocenters. The third kappa shape index (κ3) is 3.65. The van der Waals surface area contributed by atoms with Gasteiger partial charge in [0, 0.05) is 12.5 Å². The summed E-state index contributed by atoms with van der Waals surface area (Å²) in [6, 6.07) is 3.99. The monoisotopic (exact) mass is 302 g/mol. The van der Waals surface area contributed by atoms with E-state index in [9.17, 15) is 22.8 Å². The number of anilines is 1. The Bertz CT molecular complexity index is 543. The number of hydrogen-bond acceptors (Lipinski definition) is 3. The summed E-state index contributed by atoms with van der Waals surface area (Å²) in [5.41, 5.74) is 0.195. The standard InChI is InChI=1S/C13H13F3N2O3/c1-8-6-7-17-12(20)18(11(8)19)9-2-4-10(5-3-9)21-13(14,15)16/h2-5,8H,6-7H2,1H3,(H,17,20). The number of halogens is 3. The third-order valence-corrected chi connectivity index (χ3v) is 3.03. The molecule has 114 valence electrons. The summed E-state index contributed by atoms with van der Waals surface area (Å²) >= 11 is 0. The molecule has 0 bridgehead atoms. The highest BCUT2D eigenvalue weighted by atomic mass is 19.4. The van der Waals surface area contributed by atoms with Crippen molar-refractivity contribution in [3.05, 3.63) is 24.3 Å². The molecule has 1 aromatic rings. The predicted octanol–water partition coefficient (Wildman–Crippen LogP) is 2.67. The quantitative estimate of drug-likeness (QED) is 0.913. The Labute approximate surface area is 118 Å². The largest absolute Gasteiger partial charge is 0.573 e. The molecule has 0 radical (unpaired) electrons. The van der Waals surface area contributed by atoms with Crippen molar-refractivity contribution in [1.29, 1.82) is 0 Å². The van der Waals surface area contributed by atoms with Crippen molar-refractivity contribution in [2.75, 3.05) is 11.4 Å². The normalized spacial score (nSPS) is 20.0. The van der Waals surface area contributed by atoms with Gasteiger partial charge in [-0.05, 0) is 30.7 Å². The van der Waals surface area contributed by atoms with E-state index in [4.69, 9.17) is 0 Å². The zero-order chi connectivity index (χ0) is 15.6. The molecule has 21 heavy (non-hydrogen) atoms. The number of alkyl halides is 3. The molecule has 0 aliphatic carbocycles. The Balaban J connectivity index is 2.23. The lowest BCUT2D eigenvalue weighted by Crippen LogP contribution is -2.42. The zero-order valence-corrected chi connectivity index (χ0v) is 11.1. The highest BCUT2D eigenvalue weighted by molar-refractivity contribution is 6.15. The molecule has 0 spiro atoms. The Morgan fingerprint density at radius 2 is 1.86 bits per heavy atom. The molecule has 1 heterocycles. The van der Waals surface area contributed by atoms with E-state index in [1.807, 2.05) is 0 Å². The fraction of sp³-hybridized carbons (Fsp3) is 0.385. The molecule has 1 atom stereocenters. The van der Waals surface area contributed by atoms with Crippen molar-refractivity contribution in [3.8, 4) is 5.75 Å². The van der Waals surface area contributed by atoms with E-state index >= 15 is 0 Å². The maximum Gasteiger partial charge on any atom is 0.573 e. The molecule has 1 aromatic carbocycles. The molecule has 0 aromatic heterocycles. The van der Waals surface area contributed by atoms with Crippen molar-refractivity contribution < 1.29 is 27.5 Å². The van der Waals surface area contributed by atoms with Gasteiger partial charge in [-0.15, -0.1) is 13.2 Å². The molecule has 0 saturated carbocycles. The van der Waals surface area contributed by atoms with Crippen LogP contribution in [-0.4, -0.2) is 24.8 Å². The highest BCUT2D eigenvalue weighted by Gasteiger charge is 2.32. The highest BCUT2D eigenvalue weighted by Crippen LogP contribution is 2.26. The number of nitrogens with zero attached hydrogens (tertiary/aromatic N) is 1. The average molecular weight is 302 g/mol. The van der Waals surface area contributed by atoms with Crippen molar-refractivity contribution in [3.63, 3.8) is 0 Å². The van der Waals surface area contributed by atoms with Gasteiger partial charge in [0.1, 0.15) is 5.75 Å². The first-order valence-electron chi connectivity index (χ1n) is 6.25. The second-order valence-electron chi connectivity index (χ2n) is 4.64. The molecular formula is C13H13F3N2O3. The Kier molecular flexibility index (Phi) is 4.06. The SMILES string of the molecule is CC1CCNC(=O)N(c2ccc(OC(F)(F)F)cc2)C1=O. The molecule has 1 fully saturated rings. The van der Waals surface area contributed by atoms with Gasteiger partial charge in [-0.1, -0.05) is 6.92 Å². The summed E-state index contributed by atoms with van der Waals surface area (Å²) in [6.07, 6.45) is -4.28. The second kappa shape index (κ2) is 5.63. The molecule has 1 saturated heterocycles. The smallest absolute Gasteiger partial charge is 0.406 e. The first-order valence-corrected chi connectivity index (χ1v) is 6.25. The molecule has 1 aliphatic rings. The van der Waals surface area contributed by atoms with Crippen LogP contribution in [0.3, 0.4) is 0 Å². The fourth-order valence-corrected chi connectivity index (χ4v) is 1.96. The van der Waals surface area contributed by atoms with Gasteiger partial charge in [0.05, 0.1) is 5.69 Å². The van der Waals surface area contributed by atoms with Gasteiger partial charge in [-0.25, -0.2) is 9.69 Å². The minimum Gasteiger partial charge on any atom is -0.406 e. The third-order valence-electron chi connectivity index (χ3n) is 3.03. The summed E-state index contributed by atoms with van der Waals surface area (Å²) in [4.78, 5) is 24.9. The number of carbonyl (C=O) groups excluding carboxylic acids is 2. The fourth-order valence-electron chi connectivity index (χ4n) is 1.96. The number of ether oxygens (including phenoxy) is 1. The first-order chi connectivity index (χ1) is 9.78. The van der Waals surface area contributed by atoms with Gasteiger partial charge in [0.15, 0.2) is 0 Å². The van der Waals surface area contributed by atoms with Crippen LogP contribution in [0.4, 0.5) is 23.7 Å². The minimum absolute atomic E-state index is 0.195. The van der Waals surface area contributed by atoms with E-state index in [0.29, 0.717) is 13.0 Å². The number of urea groups is 1. The van der Waals surface area contributed by atoms with Gasteiger partial charge in [-0.2, -0.15) is 0 Å². The molecule has 2 rings (SSSR count). The van der Waals surface area contributed by atoms with Crippen LogP contribution < -0.4 is 15.0 Å². The summed E-state index contributed by atoms with van der Waals surface area (Å²) in [6.45, 7) is 2.06. The topological polar surface area (TPSA) is 58.6 Å². The van der Waals surface area contributed by atoms with E-state index in [2.05, 4.69) is 10.1 Å². The molecule has 8 heteroatoms. The maximum atomic E-state index is 12.1. The number of rotatable bonds is 2. The maximum absolute atomic E-state index is 12.1. The van der Waals surface area contributed by atoms with E-state index in [1.54, 1.807) is 6.92 Å². The van der Waals surface area contributed by atoms with Gasteiger partial charge >= 0.3 is 12.4 Å². The van der Waals surface area contributed by atoms with Gasteiger partial charge in [0.2, 0.25) is 5.91 Å². The molecule has 3 amide bonds. The lowest BCUT2D eigenvalue weighted by molar-refractivity contribution is -0.274. The van der Waals surface area contributed by atoms with E-state index in [0.717, 1.165) is 17.0 Å². The molecule has 1 N–H and O–H groups in total. The van der Waals surface area contributed by atoms with Crippen LogP contribution in [0.1, 0.15) is 13.3 Å². The number of carbonyl (C=O) groups is 2. The predicted molar refractivity (Wildman–Crippen MR) is 67.8 cm³/mol. The van der Waals surface area contributed by atoms with Crippen LogP contribution in [-0.2, 0) is 4.79 Å². The van der Waals surface area contributed by atoms with Gasteiger partial charge < -0.3 is 10.1 Å². The van der Waals surface area contributed by atoms with Crippen molar-refractivity contribution in [1.82, 2.24) is 5.32 Å². The van der Waals surface area contributed by atoms with Crippen LogP contribution >= 0.6 is 0 Å². The van der Waals surface area contributed by atoms with Crippen molar-refractivity contribution >= 4 is 17.6 Å². The summed E-state index contributed by atoms with van der Waals surface area (Å²) in [5, 5.41) is 2.56. The van der Waals surface area contributed by atoms with Crippen LogP contribution in [0, 0.1) is 5.92 Å². The van der Waals surface area contributed by atoms with E-state index in [1.165, 1.54) is 12.1 Å². The van der Waals surface area contributed by atoms with E-state index in [-0.39, 0.29) is 11.6 Å². The van der Waals surface area contributed by atoms with Crippen LogP contribution in [0.2, 0.25) is 0 Å². The Morgan fingerprint density at radius 3 is 2.43 bits per heavy atom. The molecule has 1 aliphatic heterocycles. The number of amides is 3. The van der Waals surface area contributed by atoms with Crippen LogP contribution in [0.25, 0.3) is 0 Å². The number of benzene rings is 1.